The third-order valence-electron chi connectivity index (χ3n) is 6.67. The van der Waals surface area contributed by atoms with Crippen molar-refractivity contribution in [2.75, 3.05) is 13.2 Å². The summed E-state index contributed by atoms with van der Waals surface area (Å²) in [6.45, 7) is 1.59. The number of pyridine rings is 1. The normalized spacial score (nSPS) is 12.0. The number of halogens is 5. The van der Waals surface area contributed by atoms with E-state index in [2.05, 4.69) is 20.1 Å². The molecular weight excluding hydrogens is 640 g/mol. The van der Waals surface area contributed by atoms with Crippen LogP contribution in [0.3, 0.4) is 0 Å². The Morgan fingerprint density at radius 1 is 0.957 bits per heavy atom. The van der Waals surface area contributed by atoms with E-state index >= 15 is 0 Å². The third-order valence-corrected chi connectivity index (χ3v) is 6.67. The van der Waals surface area contributed by atoms with Crippen LogP contribution in [0.5, 0.6) is 5.75 Å². The Morgan fingerprint density at radius 3 is 2.40 bits per heavy atom. The second-order valence-corrected chi connectivity index (χ2v) is 9.92. The summed E-state index contributed by atoms with van der Waals surface area (Å²) < 4.78 is 81.8. The van der Waals surface area contributed by atoms with Gasteiger partial charge in [0.05, 0.1) is 42.2 Å². The van der Waals surface area contributed by atoms with Crippen molar-refractivity contribution in [3.8, 4) is 39.8 Å². The van der Waals surface area contributed by atoms with Gasteiger partial charge in [-0.1, -0.05) is 19.1 Å². The van der Waals surface area contributed by atoms with Gasteiger partial charge >= 0.3 is 47.7 Å². The Morgan fingerprint density at radius 2 is 1.72 bits per heavy atom. The van der Waals surface area contributed by atoms with E-state index in [1.807, 2.05) is 6.92 Å². The van der Waals surface area contributed by atoms with Gasteiger partial charge in [0.2, 0.25) is 0 Å². The van der Waals surface area contributed by atoms with Crippen LogP contribution in [0.25, 0.3) is 34.0 Å². The zero-order valence-corrected chi connectivity index (χ0v) is 24.0. The Labute approximate surface area is 286 Å². The molecule has 1 aromatic heterocycles. The molecule has 2 aliphatic rings. The van der Waals surface area contributed by atoms with Crippen LogP contribution in [-0.2, 0) is 20.5 Å². The van der Waals surface area contributed by atoms with Crippen LogP contribution in [0.1, 0.15) is 36.9 Å². The molecule has 0 amide bonds. The first-order chi connectivity index (χ1) is 22.0. The van der Waals surface area contributed by atoms with Gasteiger partial charge in [0.15, 0.2) is 23.5 Å². The standard InChI is InChI=1S/C31H24F5N5O5.Na.H/c1-2-11-45-18-7-8-19(21(13-18)31(34,35)36)23-9-6-17(14-37-23)28(30(44)46-12-10-26(42)43)41-16-25-24(15-38-41)39-29(40-25)20-4-3-5-22(32)27(20)33;;/h3-9,13-16,28H,2,10-12H2,1H3,(H,42,43);;. The second kappa shape index (κ2) is 15.0. The summed E-state index contributed by atoms with van der Waals surface area (Å²) in [5, 5.41) is 13.2. The predicted octanol–water partition coefficient (Wildman–Crippen LogP) is 5.55. The van der Waals surface area contributed by atoms with E-state index in [1.54, 1.807) is 0 Å². The molecule has 2 aliphatic heterocycles. The molecule has 1 atom stereocenters. The van der Waals surface area contributed by atoms with E-state index < -0.39 is 54.4 Å². The number of benzene rings is 2. The molecule has 0 radical (unpaired) electrons. The molecule has 0 aliphatic carbocycles. The summed E-state index contributed by atoms with van der Waals surface area (Å²) in [4.78, 5) is 36.8. The molecule has 2 aromatic carbocycles. The van der Waals surface area contributed by atoms with Crippen molar-refractivity contribution in [2.45, 2.75) is 32.0 Å². The number of alkyl halides is 3. The van der Waals surface area contributed by atoms with Crippen molar-refractivity contribution >= 4 is 41.5 Å². The van der Waals surface area contributed by atoms with Gasteiger partial charge in [0.1, 0.15) is 23.7 Å². The zero-order valence-electron chi connectivity index (χ0n) is 24.0. The maximum absolute atomic E-state index is 14.4. The number of esters is 1. The Balaban J connectivity index is 0.00000500. The van der Waals surface area contributed by atoms with E-state index in [9.17, 15) is 31.5 Å². The summed E-state index contributed by atoms with van der Waals surface area (Å²) in [6, 6.07) is 8.31. The monoisotopic (exact) mass is 665 g/mol. The number of fused-ring (bicyclic) bond motifs is 1. The van der Waals surface area contributed by atoms with E-state index in [4.69, 9.17) is 14.6 Å². The minimum absolute atomic E-state index is 0. The molecular formula is C31H25F5N5NaO5. The first-order valence-corrected chi connectivity index (χ1v) is 13.8. The Bertz CT molecular complexity index is 1850. The summed E-state index contributed by atoms with van der Waals surface area (Å²) >= 11 is 0. The van der Waals surface area contributed by atoms with Gasteiger partial charge in [-0.3, -0.25) is 14.5 Å². The SMILES string of the molecule is CCCOc1ccc(-c2ccc(C(C(=O)OCCC(=O)O)n3cc4nc(-c5cccc(F)c5F)nc-4cn3)cn2)c(C(F)(F)F)c1.[NaH]. The van der Waals surface area contributed by atoms with Gasteiger partial charge in [-0.05, 0) is 42.8 Å². The summed E-state index contributed by atoms with van der Waals surface area (Å²) in [7, 11) is 0. The molecule has 1 N–H and O–H groups in total. The molecule has 3 aromatic rings. The van der Waals surface area contributed by atoms with Crippen molar-refractivity contribution in [3.05, 3.63) is 89.9 Å². The first kappa shape index (κ1) is 35.4. The van der Waals surface area contributed by atoms with Crippen molar-refractivity contribution in [1.82, 2.24) is 24.7 Å². The quantitative estimate of drug-likeness (QED) is 0.110. The van der Waals surface area contributed by atoms with Crippen molar-refractivity contribution in [1.29, 1.82) is 0 Å². The van der Waals surface area contributed by atoms with Gasteiger partial charge in [-0.2, -0.15) is 18.3 Å². The molecule has 240 valence electrons. The van der Waals surface area contributed by atoms with Gasteiger partial charge in [0, 0.05) is 17.3 Å². The van der Waals surface area contributed by atoms with Crippen molar-refractivity contribution in [2.24, 2.45) is 0 Å². The fraction of sp³-hybridized carbons (Fsp3) is 0.226. The Hall–Kier alpha value is -4.47. The number of hydrogen-bond acceptors (Lipinski definition) is 8. The molecule has 10 nitrogen and oxygen atoms in total. The van der Waals surface area contributed by atoms with Crippen molar-refractivity contribution in [3.63, 3.8) is 0 Å². The number of rotatable bonds is 11. The third kappa shape index (κ3) is 8.10. The summed E-state index contributed by atoms with van der Waals surface area (Å²) in [5.74, 6) is -4.49. The van der Waals surface area contributed by atoms with Gasteiger partial charge in [-0.15, -0.1) is 0 Å². The van der Waals surface area contributed by atoms with Crippen LogP contribution in [0.15, 0.2) is 67.1 Å². The number of aliphatic carboxylic acids is 1. The van der Waals surface area contributed by atoms with E-state index in [0.29, 0.717) is 6.42 Å². The number of hydrogen-bond donors (Lipinski definition) is 1. The molecule has 0 bridgehead atoms. The average Bonchev–Trinajstić information content (AvgIpc) is 3.44. The summed E-state index contributed by atoms with van der Waals surface area (Å²) in [6.07, 6.45) is -0.917. The average molecular weight is 666 g/mol. The number of carbonyl (C=O) groups excluding carboxylic acids is 1. The predicted molar refractivity (Wildman–Crippen MR) is 159 cm³/mol. The van der Waals surface area contributed by atoms with Gasteiger partial charge in [-0.25, -0.2) is 23.5 Å². The van der Waals surface area contributed by atoms with Crippen LogP contribution in [0, 0.1) is 11.6 Å². The van der Waals surface area contributed by atoms with E-state index in [1.165, 1.54) is 55.0 Å². The molecule has 16 heteroatoms. The topological polar surface area (TPSA) is 129 Å². The second-order valence-electron chi connectivity index (χ2n) is 9.92. The molecule has 3 heterocycles. The van der Waals surface area contributed by atoms with Crippen LogP contribution >= 0.6 is 0 Å². The van der Waals surface area contributed by atoms with Crippen molar-refractivity contribution < 1.29 is 46.1 Å². The fourth-order valence-corrected chi connectivity index (χ4v) is 4.51. The number of imidazole rings is 1. The molecule has 0 fully saturated rings. The molecule has 0 saturated carbocycles. The van der Waals surface area contributed by atoms with Crippen LogP contribution in [0.4, 0.5) is 22.0 Å². The Kier molecular flexibility index (Phi) is 11.3. The number of nitrogens with zero attached hydrogens (tertiary/aromatic N) is 5. The molecule has 47 heavy (non-hydrogen) atoms. The van der Waals surface area contributed by atoms with E-state index in [0.717, 1.165) is 16.8 Å². The number of carbonyl (C=O) groups is 2. The minimum atomic E-state index is -4.72. The number of ether oxygens (including phenoxy) is 2. The van der Waals surface area contributed by atoms with Crippen LogP contribution in [0.2, 0.25) is 0 Å². The number of aromatic nitrogens is 5. The number of carboxylic acid groups (broad SMARTS) is 1. The molecule has 0 saturated heterocycles. The zero-order chi connectivity index (χ0) is 33.0. The van der Waals surface area contributed by atoms with E-state index in [-0.39, 0.29) is 81.5 Å². The molecule has 0 spiro atoms. The van der Waals surface area contributed by atoms with Gasteiger partial charge in [0.25, 0.3) is 0 Å². The first-order valence-electron chi connectivity index (χ1n) is 13.8. The maximum atomic E-state index is 14.4. The number of carboxylic acids is 1. The van der Waals surface area contributed by atoms with Crippen LogP contribution < -0.4 is 4.74 Å². The molecule has 1 unspecified atom stereocenters. The molecule has 5 rings (SSSR count). The van der Waals surface area contributed by atoms with Gasteiger partial charge < -0.3 is 14.6 Å². The van der Waals surface area contributed by atoms with Crippen LogP contribution in [-0.4, -0.2) is 84.5 Å². The fourth-order valence-electron chi connectivity index (χ4n) is 4.51. The summed E-state index contributed by atoms with van der Waals surface area (Å²) in [5.41, 5.74) is -0.973.